The third kappa shape index (κ3) is 2.41. The van der Waals surface area contributed by atoms with E-state index in [1.165, 1.54) is 4.57 Å². The van der Waals surface area contributed by atoms with E-state index in [4.69, 9.17) is 5.73 Å². The Labute approximate surface area is 113 Å². The Morgan fingerprint density at radius 1 is 1.44 bits per heavy atom. The Morgan fingerprint density at radius 3 is 2.83 bits per heavy atom. The van der Waals surface area contributed by atoms with Gasteiger partial charge in [0.05, 0.1) is 16.7 Å². The van der Waals surface area contributed by atoms with E-state index in [0.717, 1.165) is 11.1 Å². The van der Waals surface area contributed by atoms with Crippen LogP contribution in [0.5, 0.6) is 5.75 Å². The molecule has 0 aliphatic rings. The minimum atomic E-state index is -0.134. The van der Waals surface area contributed by atoms with Crippen molar-refractivity contribution in [2.24, 2.45) is 0 Å². The summed E-state index contributed by atoms with van der Waals surface area (Å²) in [5.41, 5.74) is 7.84. The van der Waals surface area contributed by atoms with Crippen LogP contribution in [0.15, 0.2) is 39.7 Å². The molecule has 2 rings (SSSR count). The Kier molecular flexibility index (Phi) is 3.43. The summed E-state index contributed by atoms with van der Waals surface area (Å²) < 4.78 is 1.99. The number of phenolic OH excluding ortho intramolecular Hbond substituents is 1. The number of hydrogen-bond donors (Lipinski definition) is 2. The lowest BCUT2D eigenvalue weighted by Gasteiger charge is -2.10. The van der Waals surface area contributed by atoms with Crippen LogP contribution in [0, 0.1) is 6.92 Å². The second kappa shape index (κ2) is 4.86. The van der Waals surface area contributed by atoms with Crippen molar-refractivity contribution in [3.05, 3.63) is 56.4 Å². The summed E-state index contributed by atoms with van der Waals surface area (Å²) in [7, 11) is 0. The Hall–Kier alpha value is -1.75. The molecule has 0 atom stereocenters. The Balaban J connectivity index is 2.44. The highest BCUT2D eigenvalue weighted by Gasteiger charge is 2.08. The number of pyridine rings is 1. The van der Waals surface area contributed by atoms with Gasteiger partial charge in [0, 0.05) is 6.20 Å². The smallest absolute Gasteiger partial charge is 0.265 e. The lowest BCUT2D eigenvalue weighted by molar-refractivity contribution is 0.474. The normalized spacial score (nSPS) is 10.6. The summed E-state index contributed by atoms with van der Waals surface area (Å²) in [6.45, 7) is 2.16. The number of nitrogens with zero attached hydrogens (tertiary/aromatic N) is 1. The lowest BCUT2D eigenvalue weighted by atomic mass is 10.2. The SMILES string of the molecule is Cc1c(N)cn(Cc2cccc(O)c2)c(=O)c1Br. The van der Waals surface area contributed by atoms with Crippen LogP contribution in [-0.4, -0.2) is 9.67 Å². The molecule has 18 heavy (non-hydrogen) atoms. The van der Waals surface area contributed by atoms with Crippen LogP contribution in [0.2, 0.25) is 0 Å². The first-order valence-corrected chi connectivity index (χ1v) is 6.21. The lowest BCUT2D eigenvalue weighted by Crippen LogP contribution is -2.22. The zero-order valence-electron chi connectivity index (χ0n) is 9.85. The van der Waals surface area contributed by atoms with Gasteiger partial charge in [-0.25, -0.2) is 0 Å². The first-order valence-electron chi connectivity index (χ1n) is 5.42. The van der Waals surface area contributed by atoms with Crippen LogP contribution in [0.4, 0.5) is 5.69 Å². The third-order valence-corrected chi connectivity index (χ3v) is 3.70. The van der Waals surface area contributed by atoms with Crippen LogP contribution >= 0.6 is 15.9 Å². The fourth-order valence-corrected chi connectivity index (χ4v) is 2.16. The van der Waals surface area contributed by atoms with E-state index in [2.05, 4.69) is 15.9 Å². The van der Waals surface area contributed by atoms with E-state index < -0.39 is 0 Å². The molecule has 0 amide bonds. The monoisotopic (exact) mass is 308 g/mol. The fraction of sp³-hybridized carbons (Fsp3) is 0.154. The number of aromatic nitrogens is 1. The summed E-state index contributed by atoms with van der Waals surface area (Å²) >= 11 is 3.25. The summed E-state index contributed by atoms with van der Waals surface area (Å²) in [4.78, 5) is 12.0. The van der Waals surface area contributed by atoms with Gasteiger partial charge in [-0.1, -0.05) is 12.1 Å². The van der Waals surface area contributed by atoms with Crippen LogP contribution in [-0.2, 0) is 6.54 Å². The van der Waals surface area contributed by atoms with E-state index in [1.54, 1.807) is 31.3 Å². The van der Waals surface area contributed by atoms with E-state index in [0.29, 0.717) is 16.7 Å². The number of benzene rings is 1. The van der Waals surface area contributed by atoms with Gasteiger partial charge in [0.2, 0.25) is 0 Å². The Morgan fingerprint density at radius 2 is 2.17 bits per heavy atom. The maximum Gasteiger partial charge on any atom is 0.265 e. The molecule has 0 saturated carbocycles. The molecule has 0 fully saturated rings. The first-order chi connectivity index (χ1) is 8.49. The molecule has 0 unspecified atom stereocenters. The third-order valence-electron chi connectivity index (χ3n) is 2.77. The van der Waals surface area contributed by atoms with E-state index in [-0.39, 0.29) is 11.3 Å². The number of aromatic hydroxyl groups is 1. The number of phenols is 1. The zero-order valence-corrected chi connectivity index (χ0v) is 11.4. The van der Waals surface area contributed by atoms with Crippen LogP contribution in [0.3, 0.4) is 0 Å². The van der Waals surface area contributed by atoms with Gasteiger partial charge in [0.1, 0.15) is 5.75 Å². The Bertz CT molecular complexity index is 650. The zero-order chi connectivity index (χ0) is 13.3. The van der Waals surface area contributed by atoms with Crippen LogP contribution < -0.4 is 11.3 Å². The second-order valence-electron chi connectivity index (χ2n) is 4.13. The van der Waals surface area contributed by atoms with Gasteiger partial charge in [-0.2, -0.15) is 0 Å². The average Bonchev–Trinajstić information content (AvgIpc) is 2.33. The number of anilines is 1. The largest absolute Gasteiger partial charge is 0.508 e. The highest BCUT2D eigenvalue weighted by molar-refractivity contribution is 9.10. The molecule has 0 radical (unpaired) electrons. The molecule has 2 aromatic rings. The highest BCUT2D eigenvalue weighted by Crippen LogP contribution is 2.18. The van der Waals surface area contributed by atoms with Gasteiger partial charge >= 0.3 is 0 Å². The predicted octanol–water partition coefficient (Wildman–Crippen LogP) is 2.26. The van der Waals surface area contributed by atoms with Crippen molar-refractivity contribution in [1.29, 1.82) is 0 Å². The van der Waals surface area contributed by atoms with Crippen molar-refractivity contribution in [3.63, 3.8) is 0 Å². The topological polar surface area (TPSA) is 68.2 Å². The number of nitrogens with two attached hydrogens (primary N) is 1. The molecular formula is C13H13BrN2O2. The average molecular weight is 309 g/mol. The van der Waals surface area contributed by atoms with Gasteiger partial charge in [0.25, 0.3) is 5.56 Å². The number of hydrogen-bond acceptors (Lipinski definition) is 3. The van der Waals surface area contributed by atoms with Crippen molar-refractivity contribution in [2.45, 2.75) is 13.5 Å². The predicted molar refractivity (Wildman–Crippen MR) is 74.8 cm³/mol. The van der Waals surface area contributed by atoms with Crippen molar-refractivity contribution in [2.75, 3.05) is 5.73 Å². The van der Waals surface area contributed by atoms with Crippen molar-refractivity contribution < 1.29 is 5.11 Å². The molecule has 0 aliphatic heterocycles. The second-order valence-corrected chi connectivity index (χ2v) is 4.92. The first kappa shape index (κ1) is 12.7. The molecule has 1 heterocycles. The molecule has 5 heteroatoms. The maximum absolute atomic E-state index is 12.0. The summed E-state index contributed by atoms with van der Waals surface area (Å²) in [6.07, 6.45) is 1.62. The molecule has 1 aromatic heterocycles. The number of nitrogen functional groups attached to an aromatic ring is 1. The molecule has 3 N–H and O–H groups in total. The van der Waals surface area contributed by atoms with Gasteiger partial charge < -0.3 is 15.4 Å². The molecule has 0 spiro atoms. The maximum atomic E-state index is 12.0. The van der Waals surface area contributed by atoms with Crippen molar-refractivity contribution in [3.8, 4) is 5.75 Å². The summed E-state index contributed by atoms with van der Waals surface area (Å²) in [6, 6.07) is 6.79. The van der Waals surface area contributed by atoms with Gasteiger partial charge in [-0.3, -0.25) is 4.79 Å². The number of halogens is 1. The van der Waals surface area contributed by atoms with Gasteiger partial charge in [-0.05, 0) is 46.1 Å². The van der Waals surface area contributed by atoms with Gasteiger partial charge in [-0.15, -0.1) is 0 Å². The fourth-order valence-electron chi connectivity index (χ4n) is 1.71. The van der Waals surface area contributed by atoms with Gasteiger partial charge in [0.15, 0.2) is 0 Å². The summed E-state index contributed by atoms with van der Waals surface area (Å²) in [5, 5.41) is 9.39. The minimum absolute atomic E-state index is 0.134. The van der Waals surface area contributed by atoms with Crippen molar-refractivity contribution in [1.82, 2.24) is 4.57 Å². The number of rotatable bonds is 2. The quantitative estimate of drug-likeness (QED) is 0.894. The molecule has 0 bridgehead atoms. The molecule has 94 valence electrons. The molecule has 0 aliphatic carbocycles. The van der Waals surface area contributed by atoms with Crippen LogP contribution in [0.1, 0.15) is 11.1 Å². The molecular weight excluding hydrogens is 296 g/mol. The molecule has 4 nitrogen and oxygen atoms in total. The van der Waals surface area contributed by atoms with E-state index >= 15 is 0 Å². The van der Waals surface area contributed by atoms with E-state index in [9.17, 15) is 9.90 Å². The molecule has 0 saturated heterocycles. The summed E-state index contributed by atoms with van der Waals surface area (Å²) in [5.74, 6) is 0.180. The minimum Gasteiger partial charge on any atom is -0.508 e. The molecule has 1 aromatic carbocycles. The van der Waals surface area contributed by atoms with Crippen molar-refractivity contribution >= 4 is 21.6 Å². The highest BCUT2D eigenvalue weighted by atomic mass is 79.9. The van der Waals surface area contributed by atoms with E-state index in [1.807, 2.05) is 6.07 Å². The van der Waals surface area contributed by atoms with Crippen LogP contribution in [0.25, 0.3) is 0 Å². The standard InChI is InChI=1S/C13H13BrN2O2/c1-8-11(15)7-16(13(18)12(8)14)6-9-3-2-4-10(17)5-9/h2-5,7,17H,6,15H2,1H3.